The van der Waals surface area contributed by atoms with E-state index in [1.165, 1.54) is 16.8 Å². The largest absolute Gasteiger partial charge is 0.369 e. The molecular formula is C23H28N4O3S. The van der Waals surface area contributed by atoms with E-state index in [-0.39, 0.29) is 0 Å². The standard InChI is InChI=1S/C23H28N4O3S/c1-5-22-24-23(25-30-22)19-10-9-17(3)21(15-19)31(28,29)27-13-11-26(12-14-27)20-8-6-7-16(2)18(20)4/h6-10,15H,5,11-14H2,1-4H3. The molecule has 3 aromatic rings. The van der Waals surface area contributed by atoms with Crippen LogP contribution in [-0.2, 0) is 16.4 Å². The summed E-state index contributed by atoms with van der Waals surface area (Å²) in [6.45, 7) is 10.2. The summed E-state index contributed by atoms with van der Waals surface area (Å²) in [4.78, 5) is 6.90. The molecule has 0 spiro atoms. The lowest BCUT2D eigenvalue weighted by Crippen LogP contribution is -2.49. The van der Waals surface area contributed by atoms with Crippen LogP contribution in [0.1, 0.15) is 29.5 Å². The van der Waals surface area contributed by atoms with Crippen LogP contribution in [0.25, 0.3) is 11.4 Å². The molecule has 31 heavy (non-hydrogen) atoms. The zero-order valence-corrected chi connectivity index (χ0v) is 19.2. The molecule has 1 aliphatic heterocycles. The number of nitrogens with zero attached hydrogens (tertiary/aromatic N) is 4. The Hall–Kier alpha value is -2.71. The molecule has 0 radical (unpaired) electrons. The minimum atomic E-state index is -3.63. The molecule has 0 N–H and O–H groups in total. The first kappa shape index (κ1) is 21.5. The summed E-state index contributed by atoms with van der Waals surface area (Å²) >= 11 is 0. The topological polar surface area (TPSA) is 79.5 Å². The highest BCUT2D eigenvalue weighted by molar-refractivity contribution is 7.89. The summed E-state index contributed by atoms with van der Waals surface area (Å²) in [6.07, 6.45) is 0.634. The van der Waals surface area contributed by atoms with Gasteiger partial charge in [0.2, 0.25) is 21.7 Å². The molecule has 1 aliphatic rings. The molecular weight excluding hydrogens is 412 g/mol. The summed E-state index contributed by atoms with van der Waals surface area (Å²) in [6, 6.07) is 11.6. The highest BCUT2D eigenvalue weighted by Gasteiger charge is 2.30. The Morgan fingerprint density at radius 1 is 1.00 bits per heavy atom. The van der Waals surface area contributed by atoms with Crippen molar-refractivity contribution in [3.63, 3.8) is 0 Å². The van der Waals surface area contributed by atoms with E-state index in [0.29, 0.717) is 60.3 Å². The maximum atomic E-state index is 13.5. The zero-order valence-electron chi connectivity index (χ0n) is 18.4. The monoisotopic (exact) mass is 440 g/mol. The van der Waals surface area contributed by atoms with Crippen LogP contribution in [0.5, 0.6) is 0 Å². The van der Waals surface area contributed by atoms with Crippen LogP contribution in [0.2, 0.25) is 0 Å². The van der Waals surface area contributed by atoms with E-state index in [9.17, 15) is 8.42 Å². The van der Waals surface area contributed by atoms with E-state index in [1.54, 1.807) is 16.4 Å². The number of hydrogen-bond donors (Lipinski definition) is 0. The van der Waals surface area contributed by atoms with Crippen molar-refractivity contribution in [3.05, 3.63) is 59.0 Å². The molecule has 1 fully saturated rings. The maximum Gasteiger partial charge on any atom is 0.243 e. The van der Waals surface area contributed by atoms with Crippen molar-refractivity contribution in [1.29, 1.82) is 0 Å². The highest BCUT2D eigenvalue weighted by atomic mass is 32.2. The Morgan fingerprint density at radius 2 is 1.74 bits per heavy atom. The molecule has 2 heterocycles. The van der Waals surface area contributed by atoms with Gasteiger partial charge in [-0.05, 0) is 49.6 Å². The fraction of sp³-hybridized carbons (Fsp3) is 0.391. The lowest BCUT2D eigenvalue weighted by molar-refractivity contribution is 0.382. The van der Waals surface area contributed by atoms with Crippen LogP contribution in [0.3, 0.4) is 0 Å². The van der Waals surface area contributed by atoms with Gasteiger partial charge in [-0.25, -0.2) is 8.42 Å². The molecule has 164 valence electrons. The van der Waals surface area contributed by atoms with E-state index in [2.05, 4.69) is 47.1 Å². The van der Waals surface area contributed by atoms with Gasteiger partial charge in [0, 0.05) is 43.9 Å². The highest BCUT2D eigenvalue weighted by Crippen LogP contribution is 2.28. The number of rotatable bonds is 5. The maximum absolute atomic E-state index is 13.5. The van der Waals surface area contributed by atoms with Crippen LogP contribution < -0.4 is 4.90 Å². The number of piperazine rings is 1. The van der Waals surface area contributed by atoms with E-state index in [0.717, 1.165) is 0 Å². The normalized spacial score (nSPS) is 15.4. The quantitative estimate of drug-likeness (QED) is 0.601. The summed E-state index contributed by atoms with van der Waals surface area (Å²) in [7, 11) is -3.63. The zero-order chi connectivity index (χ0) is 22.2. The first-order valence-electron chi connectivity index (χ1n) is 10.6. The predicted molar refractivity (Wildman–Crippen MR) is 121 cm³/mol. The van der Waals surface area contributed by atoms with E-state index in [4.69, 9.17) is 4.52 Å². The van der Waals surface area contributed by atoms with Gasteiger partial charge in [0.1, 0.15) is 0 Å². The molecule has 7 nitrogen and oxygen atoms in total. The molecule has 0 saturated carbocycles. The number of sulfonamides is 1. The number of benzene rings is 2. The van der Waals surface area contributed by atoms with Crippen molar-refractivity contribution in [1.82, 2.24) is 14.4 Å². The second-order valence-electron chi connectivity index (χ2n) is 7.96. The Balaban J connectivity index is 1.56. The second-order valence-corrected chi connectivity index (χ2v) is 9.86. The average molecular weight is 441 g/mol. The van der Waals surface area contributed by atoms with Crippen LogP contribution in [-0.4, -0.2) is 49.0 Å². The van der Waals surface area contributed by atoms with Gasteiger partial charge in [-0.1, -0.05) is 36.3 Å². The van der Waals surface area contributed by atoms with E-state index >= 15 is 0 Å². The third-order valence-electron chi connectivity index (χ3n) is 5.99. The van der Waals surface area contributed by atoms with Crippen molar-refractivity contribution in [3.8, 4) is 11.4 Å². The van der Waals surface area contributed by atoms with Crippen LogP contribution in [0, 0.1) is 20.8 Å². The van der Waals surface area contributed by atoms with Gasteiger partial charge in [0.05, 0.1) is 4.90 Å². The Labute approximate surface area is 183 Å². The van der Waals surface area contributed by atoms with Crippen molar-refractivity contribution in [2.75, 3.05) is 31.1 Å². The summed E-state index contributed by atoms with van der Waals surface area (Å²) < 4.78 is 33.7. The molecule has 8 heteroatoms. The van der Waals surface area contributed by atoms with Gasteiger partial charge in [0.25, 0.3) is 0 Å². The fourth-order valence-corrected chi connectivity index (χ4v) is 5.59. The van der Waals surface area contributed by atoms with Crippen LogP contribution in [0.4, 0.5) is 5.69 Å². The van der Waals surface area contributed by atoms with Crippen molar-refractivity contribution < 1.29 is 12.9 Å². The minimum Gasteiger partial charge on any atom is -0.369 e. The van der Waals surface area contributed by atoms with E-state index < -0.39 is 10.0 Å². The SMILES string of the molecule is CCc1nc(-c2ccc(C)c(S(=O)(=O)N3CCN(c4cccc(C)c4C)CC3)c2)no1. The van der Waals surface area contributed by atoms with Gasteiger partial charge in [-0.3, -0.25) is 0 Å². The Morgan fingerprint density at radius 3 is 2.42 bits per heavy atom. The first-order valence-corrected chi connectivity index (χ1v) is 12.0. The molecule has 2 aromatic carbocycles. The van der Waals surface area contributed by atoms with Crippen molar-refractivity contribution >= 4 is 15.7 Å². The fourth-order valence-electron chi connectivity index (χ4n) is 3.92. The van der Waals surface area contributed by atoms with Crippen LogP contribution in [0.15, 0.2) is 45.8 Å². The molecule has 1 aromatic heterocycles. The lowest BCUT2D eigenvalue weighted by atomic mass is 10.1. The average Bonchev–Trinajstić information content (AvgIpc) is 3.25. The Kier molecular flexibility index (Phi) is 5.85. The third-order valence-corrected chi connectivity index (χ3v) is 8.03. The molecule has 0 aliphatic carbocycles. The smallest absolute Gasteiger partial charge is 0.243 e. The molecule has 0 atom stereocenters. The van der Waals surface area contributed by atoms with Crippen molar-refractivity contribution in [2.45, 2.75) is 39.0 Å². The third kappa shape index (κ3) is 4.09. The first-order chi connectivity index (χ1) is 14.8. The van der Waals surface area contributed by atoms with Gasteiger partial charge in [0.15, 0.2) is 0 Å². The summed E-state index contributed by atoms with van der Waals surface area (Å²) in [5, 5.41) is 3.98. The lowest BCUT2D eigenvalue weighted by Gasteiger charge is -2.36. The van der Waals surface area contributed by atoms with E-state index in [1.807, 2.05) is 19.9 Å². The number of aromatic nitrogens is 2. The minimum absolute atomic E-state index is 0.299. The second kappa shape index (κ2) is 8.43. The number of anilines is 1. The predicted octanol–water partition coefficient (Wildman–Crippen LogP) is 3.74. The molecule has 0 bridgehead atoms. The van der Waals surface area contributed by atoms with Crippen molar-refractivity contribution in [2.24, 2.45) is 0 Å². The van der Waals surface area contributed by atoms with Gasteiger partial charge in [-0.15, -0.1) is 0 Å². The van der Waals surface area contributed by atoms with Gasteiger partial charge < -0.3 is 9.42 Å². The number of aryl methyl sites for hydroxylation is 3. The van der Waals surface area contributed by atoms with Gasteiger partial charge in [-0.2, -0.15) is 9.29 Å². The molecule has 4 rings (SSSR count). The Bertz CT molecular complexity index is 1200. The summed E-state index contributed by atoms with van der Waals surface area (Å²) in [5.74, 6) is 0.940. The van der Waals surface area contributed by atoms with Gasteiger partial charge >= 0.3 is 0 Å². The number of hydrogen-bond acceptors (Lipinski definition) is 6. The van der Waals surface area contributed by atoms with Crippen LogP contribution >= 0.6 is 0 Å². The molecule has 0 unspecified atom stereocenters. The molecule has 0 amide bonds. The summed E-state index contributed by atoms with van der Waals surface area (Å²) in [5.41, 5.74) is 5.02. The molecule has 1 saturated heterocycles.